The van der Waals surface area contributed by atoms with Gasteiger partial charge in [-0.1, -0.05) is 71.1 Å². The topological polar surface area (TPSA) is 50.1 Å². The van der Waals surface area contributed by atoms with Crippen molar-refractivity contribution < 1.29 is 9.53 Å². The third kappa shape index (κ3) is 9.35. The number of unbranched alkanes of at least 4 members (excludes halogenated alkanes) is 10. The largest absolute Gasteiger partial charge is 0.462 e. The molecular weight excluding hydrogens is 298 g/mol. The van der Waals surface area contributed by atoms with Crippen molar-refractivity contribution in [3.8, 4) is 6.07 Å². The number of ether oxygens (including phenoxy) is 1. The van der Waals surface area contributed by atoms with Gasteiger partial charge in [0.15, 0.2) is 0 Å². The van der Waals surface area contributed by atoms with Crippen LogP contribution in [0.15, 0.2) is 24.3 Å². The fourth-order valence-corrected chi connectivity index (χ4v) is 2.70. The minimum absolute atomic E-state index is 0.299. The molecule has 0 fully saturated rings. The van der Waals surface area contributed by atoms with Crippen LogP contribution in [0.1, 0.15) is 93.5 Å². The van der Waals surface area contributed by atoms with Crippen LogP contribution in [-0.2, 0) is 4.74 Å². The molecule has 0 unspecified atom stereocenters. The normalized spacial score (nSPS) is 10.3. The number of nitrogens with zero attached hydrogens (tertiary/aromatic N) is 1. The molecule has 0 aliphatic carbocycles. The third-order valence-electron chi connectivity index (χ3n) is 4.23. The molecule has 1 aromatic carbocycles. The molecule has 24 heavy (non-hydrogen) atoms. The summed E-state index contributed by atoms with van der Waals surface area (Å²) >= 11 is 0. The Balaban J connectivity index is 1.94. The number of carbonyl (C=O) groups excluding carboxylic acids is 1. The first kappa shape index (κ1) is 20.2. The average molecular weight is 329 g/mol. The number of benzene rings is 1. The predicted octanol–water partition coefficient (Wildman–Crippen LogP) is 6.03. The average Bonchev–Trinajstić information content (AvgIpc) is 2.62. The number of rotatable bonds is 13. The third-order valence-corrected chi connectivity index (χ3v) is 4.23. The Morgan fingerprint density at radius 2 is 1.38 bits per heavy atom. The van der Waals surface area contributed by atoms with Gasteiger partial charge in [0, 0.05) is 0 Å². The predicted molar refractivity (Wildman–Crippen MR) is 97.9 cm³/mol. The van der Waals surface area contributed by atoms with Gasteiger partial charge in [-0.05, 0) is 30.7 Å². The van der Waals surface area contributed by atoms with Gasteiger partial charge in [-0.15, -0.1) is 0 Å². The molecule has 132 valence electrons. The summed E-state index contributed by atoms with van der Waals surface area (Å²) in [5, 5.41) is 8.73. The van der Waals surface area contributed by atoms with Gasteiger partial charge in [0.1, 0.15) is 0 Å². The van der Waals surface area contributed by atoms with Crippen LogP contribution in [0.3, 0.4) is 0 Å². The second-order valence-corrected chi connectivity index (χ2v) is 6.36. The van der Waals surface area contributed by atoms with Gasteiger partial charge in [0.2, 0.25) is 0 Å². The lowest BCUT2D eigenvalue weighted by molar-refractivity contribution is 0.0497. The summed E-state index contributed by atoms with van der Waals surface area (Å²) in [7, 11) is 0. The monoisotopic (exact) mass is 329 g/mol. The van der Waals surface area contributed by atoms with E-state index in [-0.39, 0.29) is 5.97 Å². The zero-order valence-electron chi connectivity index (χ0n) is 15.1. The zero-order chi connectivity index (χ0) is 17.5. The number of carbonyl (C=O) groups is 1. The van der Waals surface area contributed by atoms with Gasteiger partial charge in [-0.25, -0.2) is 4.79 Å². The first-order chi connectivity index (χ1) is 11.8. The molecule has 1 rings (SSSR count). The molecule has 0 aromatic heterocycles. The summed E-state index contributed by atoms with van der Waals surface area (Å²) in [6, 6.07) is 8.59. The Kier molecular flexibility index (Phi) is 11.5. The minimum atomic E-state index is -0.299. The van der Waals surface area contributed by atoms with Crippen LogP contribution in [0.5, 0.6) is 0 Å². The van der Waals surface area contributed by atoms with Crippen LogP contribution in [0, 0.1) is 11.3 Å². The van der Waals surface area contributed by atoms with E-state index in [0.29, 0.717) is 17.7 Å². The van der Waals surface area contributed by atoms with Crippen molar-refractivity contribution >= 4 is 5.97 Å². The Morgan fingerprint density at radius 1 is 0.875 bits per heavy atom. The maximum Gasteiger partial charge on any atom is 0.338 e. The van der Waals surface area contributed by atoms with Crippen LogP contribution in [0.4, 0.5) is 0 Å². The van der Waals surface area contributed by atoms with Crippen LogP contribution in [0.2, 0.25) is 0 Å². The molecule has 0 spiro atoms. The highest BCUT2D eigenvalue weighted by Crippen LogP contribution is 2.11. The molecule has 0 atom stereocenters. The van der Waals surface area contributed by atoms with Crippen molar-refractivity contribution in [3.05, 3.63) is 35.4 Å². The number of hydrogen-bond donors (Lipinski definition) is 0. The fourth-order valence-electron chi connectivity index (χ4n) is 2.70. The van der Waals surface area contributed by atoms with E-state index in [0.717, 1.165) is 12.8 Å². The Bertz CT molecular complexity index is 488. The summed E-state index contributed by atoms with van der Waals surface area (Å²) in [5.41, 5.74) is 1.06. The van der Waals surface area contributed by atoms with E-state index >= 15 is 0 Å². The zero-order valence-corrected chi connectivity index (χ0v) is 15.1. The maximum absolute atomic E-state index is 11.8. The number of esters is 1. The van der Waals surface area contributed by atoms with Gasteiger partial charge >= 0.3 is 5.97 Å². The van der Waals surface area contributed by atoms with E-state index in [4.69, 9.17) is 10.00 Å². The van der Waals surface area contributed by atoms with Gasteiger partial charge in [0.25, 0.3) is 0 Å². The molecule has 0 aliphatic rings. The first-order valence-electron chi connectivity index (χ1n) is 9.45. The lowest BCUT2D eigenvalue weighted by atomic mass is 10.1. The van der Waals surface area contributed by atoms with Gasteiger partial charge in [-0.2, -0.15) is 5.26 Å². The molecule has 0 aliphatic heterocycles. The summed E-state index contributed by atoms with van der Waals surface area (Å²) in [6.45, 7) is 2.73. The second kappa shape index (κ2) is 13.6. The van der Waals surface area contributed by atoms with Crippen LogP contribution in [-0.4, -0.2) is 12.6 Å². The highest BCUT2D eigenvalue weighted by molar-refractivity contribution is 5.89. The Morgan fingerprint density at radius 3 is 1.88 bits per heavy atom. The quantitative estimate of drug-likeness (QED) is 0.328. The van der Waals surface area contributed by atoms with Crippen molar-refractivity contribution in [3.63, 3.8) is 0 Å². The highest BCUT2D eigenvalue weighted by atomic mass is 16.5. The molecule has 0 saturated carbocycles. The van der Waals surface area contributed by atoms with E-state index in [1.54, 1.807) is 24.3 Å². The molecule has 0 N–H and O–H groups in total. The highest BCUT2D eigenvalue weighted by Gasteiger charge is 2.06. The Hall–Kier alpha value is -1.82. The summed E-state index contributed by atoms with van der Waals surface area (Å²) in [5.74, 6) is -0.299. The van der Waals surface area contributed by atoms with E-state index in [1.807, 2.05) is 6.07 Å². The number of nitriles is 1. The lowest BCUT2D eigenvalue weighted by Crippen LogP contribution is -2.06. The van der Waals surface area contributed by atoms with Gasteiger partial charge < -0.3 is 4.74 Å². The summed E-state index contributed by atoms with van der Waals surface area (Å²) in [6.07, 6.45) is 14.1. The van der Waals surface area contributed by atoms with Gasteiger partial charge in [-0.3, -0.25) is 0 Å². The molecule has 0 heterocycles. The van der Waals surface area contributed by atoms with Crippen molar-refractivity contribution in [2.24, 2.45) is 0 Å². The summed E-state index contributed by atoms with van der Waals surface area (Å²) in [4.78, 5) is 11.8. The van der Waals surface area contributed by atoms with Gasteiger partial charge in [0.05, 0.1) is 23.8 Å². The standard InChI is InChI=1S/C21H31NO2/c1-2-3-4-5-6-7-8-9-10-11-12-17-24-21(23)20-15-13-19(18-22)14-16-20/h13-16H,2-12,17H2,1H3. The molecule has 0 amide bonds. The van der Waals surface area contributed by atoms with E-state index in [9.17, 15) is 4.79 Å². The van der Waals surface area contributed by atoms with Crippen LogP contribution >= 0.6 is 0 Å². The van der Waals surface area contributed by atoms with Crippen molar-refractivity contribution in [1.29, 1.82) is 5.26 Å². The van der Waals surface area contributed by atoms with Crippen molar-refractivity contribution in [2.75, 3.05) is 6.61 Å². The van der Waals surface area contributed by atoms with Crippen molar-refractivity contribution in [1.82, 2.24) is 0 Å². The molecule has 3 nitrogen and oxygen atoms in total. The minimum Gasteiger partial charge on any atom is -0.462 e. The summed E-state index contributed by atoms with van der Waals surface area (Å²) < 4.78 is 5.26. The molecule has 0 radical (unpaired) electrons. The van der Waals surface area contributed by atoms with E-state index in [2.05, 4.69) is 6.92 Å². The van der Waals surface area contributed by atoms with Crippen LogP contribution < -0.4 is 0 Å². The Labute approximate surface area is 147 Å². The van der Waals surface area contributed by atoms with E-state index in [1.165, 1.54) is 57.8 Å². The maximum atomic E-state index is 11.8. The molecule has 1 aromatic rings. The smallest absolute Gasteiger partial charge is 0.338 e. The molecular formula is C21H31NO2. The van der Waals surface area contributed by atoms with Crippen LogP contribution in [0.25, 0.3) is 0 Å². The molecule has 0 saturated heterocycles. The lowest BCUT2D eigenvalue weighted by Gasteiger charge is -2.05. The second-order valence-electron chi connectivity index (χ2n) is 6.36. The molecule has 3 heteroatoms. The number of hydrogen-bond acceptors (Lipinski definition) is 3. The SMILES string of the molecule is CCCCCCCCCCCCCOC(=O)c1ccc(C#N)cc1. The first-order valence-corrected chi connectivity index (χ1v) is 9.45. The van der Waals surface area contributed by atoms with E-state index < -0.39 is 0 Å². The molecule has 0 bridgehead atoms. The fraction of sp³-hybridized carbons (Fsp3) is 0.619. The van der Waals surface area contributed by atoms with Crippen molar-refractivity contribution in [2.45, 2.75) is 77.6 Å².